The maximum atomic E-state index is 12.8. The molecule has 0 bridgehead atoms. The van der Waals surface area contributed by atoms with Gasteiger partial charge in [0.2, 0.25) is 10.0 Å². The summed E-state index contributed by atoms with van der Waals surface area (Å²) in [6.07, 6.45) is -2.86. The van der Waals surface area contributed by atoms with Crippen LogP contribution in [0.15, 0.2) is 47.4 Å². The molecule has 9 heteroatoms. The zero-order valence-electron chi connectivity index (χ0n) is 15.8. The maximum absolute atomic E-state index is 12.8. The van der Waals surface area contributed by atoms with Gasteiger partial charge in [-0.2, -0.15) is 17.5 Å². The summed E-state index contributed by atoms with van der Waals surface area (Å²) >= 11 is 0. The number of hydrogen-bond donors (Lipinski definition) is 1. The van der Waals surface area contributed by atoms with E-state index in [0.717, 1.165) is 25.0 Å². The fourth-order valence-electron chi connectivity index (χ4n) is 3.22. The number of aryl methyl sites for hydroxylation is 1. The van der Waals surface area contributed by atoms with E-state index in [4.69, 9.17) is 0 Å². The first kappa shape index (κ1) is 21.3. The minimum atomic E-state index is -4.46. The second-order valence-corrected chi connectivity index (χ2v) is 8.91. The lowest BCUT2D eigenvalue weighted by Crippen LogP contribution is -2.29. The molecule has 1 N–H and O–H groups in total. The smallest absolute Gasteiger partial charge is 0.348 e. The number of rotatable bonds is 5. The molecule has 0 aliphatic carbocycles. The van der Waals surface area contributed by atoms with E-state index in [1.165, 1.54) is 28.6 Å². The minimum absolute atomic E-state index is 0.0363. The van der Waals surface area contributed by atoms with Gasteiger partial charge >= 0.3 is 6.18 Å². The molecule has 0 unspecified atom stereocenters. The van der Waals surface area contributed by atoms with Crippen LogP contribution in [0.4, 0.5) is 13.2 Å². The first-order chi connectivity index (χ1) is 13.6. The molecule has 1 aliphatic rings. The predicted molar refractivity (Wildman–Crippen MR) is 102 cm³/mol. The van der Waals surface area contributed by atoms with Gasteiger partial charge in [-0.15, -0.1) is 0 Å². The Morgan fingerprint density at radius 1 is 1.10 bits per heavy atom. The third kappa shape index (κ3) is 4.79. The van der Waals surface area contributed by atoms with Gasteiger partial charge in [0, 0.05) is 25.2 Å². The van der Waals surface area contributed by atoms with E-state index in [1.807, 2.05) is 0 Å². The summed E-state index contributed by atoms with van der Waals surface area (Å²) in [7, 11) is -3.67. The molecule has 2 aromatic carbocycles. The van der Waals surface area contributed by atoms with Crippen LogP contribution in [0.1, 0.15) is 39.9 Å². The van der Waals surface area contributed by atoms with E-state index < -0.39 is 27.7 Å². The number of benzene rings is 2. The number of carbonyl (C=O) groups is 1. The Kier molecular flexibility index (Phi) is 6.00. The van der Waals surface area contributed by atoms with Crippen molar-refractivity contribution < 1.29 is 26.4 Å². The lowest BCUT2D eigenvalue weighted by molar-refractivity contribution is -0.137. The third-order valence-electron chi connectivity index (χ3n) is 4.86. The summed E-state index contributed by atoms with van der Waals surface area (Å²) < 4.78 is 65.3. The molecular formula is C20H21F3N2O3S. The fourth-order valence-corrected chi connectivity index (χ4v) is 4.76. The number of sulfonamides is 1. The van der Waals surface area contributed by atoms with Crippen LogP contribution in [0.5, 0.6) is 0 Å². The molecule has 2 aromatic rings. The maximum Gasteiger partial charge on any atom is 0.416 e. The normalized spacial score (nSPS) is 15.4. The number of halogens is 3. The average molecular weight is 426 g/mol. The van der Waals surface area contributed by atoms with Crippen LogP contribution in [-0.4, -0.2) is 31.7 Å². The molecule has 1 heterocycles. The summed E-state index contributed by atoms with van der Waals surface area (Å²) in [6, 6.07) is 9.04. The van der Waals surface area contributed by atoms with E-state index in [2.05, 4.69) is 5.32 Å². The molecule has 1 aliphatic heterocycles. The first-order valence-corrected chi connectivity index (χ1v) is 10.6. The molecule has 3 rings (SSSR count). The fraction of sp³-hybridized carbons (Fsp3) is 0.350. The van der Waals surface area contributed by atoms with Gasteiger partial charge < -0.3 is 5.32 Å². The summed E-state index contributed by atoms with van der Waals surface area (Å²) in [5.74, 6) is -0.543. The average Bonchev–Trinajstić information content (AvgIpc) is 3.21. The summed E-state index contributed by atoms with van der Waals surface area (Å²) in [4.78, 5) is 12.6. The topological polar surface area (TPSA) is 66.5 Å². The Bertz CT molecular complexity index is 1010. The molecule has 0 atom stereocenters. The van der Waals surface area contributed by atoms with Crippen molar-refractivity contribution in [2.75, 3.05) is 13.1 Å². The Morgan fingerprint density at radius 2 is 1.79 bits per heavy atom. The largest absolute Gasteiger partial charge is 0.416 e. The van der Waals surface area contributed by atoms with Gasteiger partial charge in [0.05, 0.1) is 10.5 Å². The van der Waals surface area contributed by atoms with E-state index in [0.29, 0.717) is 24.2 Å². The summed E-state index contributed by atoms with van der Waals surface area (Å²) in [6.45, 7) is 2.47. The van der Waals surface area contributed by atoms with Gasteiger partial charge in [0.25, 0.3) is 5.91 Å². The van der Waals surface area contributed by atoms with Crippen LogP contribution in [0.2, 0.25) is 0 Å². The van der Waals surface area contributed by atoms with Crippen LogP contribution < -0.4 is 5.32 Å². The molecule has 29 heavy (non-hydrogen) atoms. The van der Waals surface area contributed by atoms with Crippen LogP contribution in [0, 0.1) is 6.92 Å². The van der Waals surface area contributed by atoms with E-state index in [9.17, 15) is 26.4 Å². The minimum Gasteiger partial charge on any atom is -0.348 e. The molecule has 156 valence electrons. The number of alkyl halides is 3. The van der Waals surface area contributed by atoms with Crippen molar-refractivity contribution in [3.63, 3.8) is 0 Å². The Labute approximate surface area is 167 Å². The molecule has 1 amide bonds. The van der Waals surface area contributed by atoms with E-state index in [1.54, 1.807) is 13.0 Å². The van der Waals surface area contributed by atoms with Crippen LogP contribution >= 0.6 is 0 Å². The number of nitrogens with one attached hydrogen (secondary N) is 1. The molecular weight excluding hydrogens is 405 g/mol. The molecule has 1 saturated heterocycles. The van der Waals surface area contributed by atoms with Gasteiger partial charge in [-0.1, -0.05) is 18.2 Å². The lowest BCUT2D eigenvalue weighted by Gasteiger charge is -2.17. The van der Waals surface area contributed by atoms with E-state index in [-0.39, 0.29) is 17.0 Å². The van der Waals surface area contributed by atoms with Crippen molar-refractivity contribution in [1.29, 1.82) is 0 Å². The van der Waals surface area contributed by atoms with Crippen molar-refractivity contribution in [2.45, 2.75) is 37.4 Å². The van der Waals surface area contributed by atoms with Crippen molar-refractivity contribution in [1.82, 2.24) is 9.62 Å². The quantitative estimate of drug-likeness (QED) is 0.792. The zero-order valence-corrected chi connectivity index (χ0v) is 16.6. The number of amides is 1. The summed E-state index contributed by atoms with van der Waals surface area (Å²) in [5, 5.41) is 2.57. The predicted octanol–water partition coefficient (Wildman–Crippen LogP) is 3.73. The monoisotopic (exact) mass is 426 g/mol. The van der Waals surface area contributed by atoms with Gasteiger partial charge in [0.15, 0.2) is 0 Å². The van der Waals surface area contributed by atoms with Crippen molar-refractivity contribution >= 4 is 15.9 Å². The highest BCUT2D eigenvalue weighted by molar-refractivity contribution is 7.89. The highest BCUT2D eigenvalue weighted by atomic mass is 32.2. The lowest BCUT2D eigenvalue weighted by atomic mass is 10.1. The second kappa shape index (κ2) is 8.16. The van der Waals surface area contributed by atoms with Gasteiger partial charge in [-0.3, -0.25) is 4.79 Å². The van der Waals surface area contributed by atoms with Crippen molar-refractivity contribution in [2.24, 2.45) is 0 Å². The van der Waals surface area contributed by atoms with Crippen LogP contribution in [0.25, 0.3) is 0 Å². The second-order valence-electron chi connectivity index (χ2n) is 6.97. The number of nitrogens with zero attached hydrogens (tertiary/aromatic N) is 1. The summed E-state index contributed by atoms with van der Waals surface area (Å²) in [5.41, 5.74) is 0.259. The van der Waals surface area contributed by atoms with Crippen LogP contribution in [0.3, 0.4) is 0 Å². The third-order valence-corrected chi connectivity index (χ3v) is 6.76. The highest BCUT2D eigenvalue weighted by Gasteiger charge is 2.30. The molecule has 0 aromatic heterocycles. The molecule has 5 nitrogen and oxygen atoms in total. The van der Waals surface area contributed by atoms with Gasteiger partial charge in [0.1, 0.15) is 0 Å². The van der Waals surface area contributed by atoms with Crippen molar-refractivity contribution in [3.05, 3.63) is 64.7 Å². The molecule has 0 spiro atoms. The number of hydrogen-bond acceptors (Lipinski definition) is 3. The zero-order chi connectivity index (χ0) is 21.2. The van der Waals surface area contributed by atoms with Crippen LogP contribution in [-0.2, 0) is 22.7 Å². The first-order valence-electron chi connectivity index (χ1n) is 9.14. The Morgan fingerprint density at radius 3 is 2.45 bits per heavy atom. The van der Waals surface area contributed by atoms with Gasteiger partial charge in [-0.05, 0) is 55.2 Å². The standard InChI is InChI=1S/C20H21F3N2O3S/c1-14-7-8-17(29(27,28)25-9-2-3-10-25)12-18(14)19(26)24-13-15-5-4-6-16(11-15)20(21,22)23/h4-8,11-12H,2-3,9-10,13H2,1H3,(H,24,26). The molecule has 1 fully saturated rings. The van der Waals surface area contributed by atoms with Crippen molar-refractivity contribution in [3.8, 4) is 0 Å². The molecule has 0 saturated carbocycles. The Balaban J connectivity index is 1.78. The van der Waals surface area contributed by atoms with Gasteiger partial charge in [-0.25, -0.2) is 8.42 Å². The molecule has 0 radical (unpaired) electrons. The number of carbonyl (C=O) groups excluding carboxylic acids is 1. The Hall–Kier alpha value is -2.39. The SMILES string of the molecule is Cc1ccc(S(=O)(=O)N2CCCC2)cc1C(=O)NCc1cccc(C(F)(F)F)c1. The van der Waals surface area contributed by atoms with E-state index >= 15 is 0 Å². The highest BCUT2D eigenvalue weighted by Crippen LogP contribution is 2.29.